The van der Waals surface area contributed by atoms with E-state index in [0.717, 1.165) is 0 Å². The first-order chi connectivity index (χ1) is 5.75. The Kier molecular flexibility index (Phi) is 5.40. The molecule has 0 radical (unpaired) electrons. The zero-order valence-electron chi connectivity index (χ0n) is 7.70. The molecular weight excluding hydrogens is 160 g/mol. The summed E-state index contributed by atoms with van der Waals surface area (Å²) >= 11 is 0. The predicted octanol–water partition coefficient (Wildman–Crippen LogP) is 3.05. The smallest absolute Gasteiger partial charge is 0.0502 e. The third kappa shape index (κ3) is 3.19. The minimum atomic E-state index is 0. The Morgan fingerprint density at radius 2 is 1.69 bits per heavy atom. The predicted molar refractivity (Wildman–Crippen MR) is 57.8 cm³/mol. The van der Waals surface area contributed by atoms with Crippen LogP contribution in [0.25, 0.3) is 0 Å². The SMILES string of the molecule is C.CC(C)[C@@H](CO)c1ccccc1. The number of hydrogen-bond acceptors (Lipinski definition) is 1. The molecule has 0 aliphatic heterocycles. The fourth-order valence-corrected chi connectivity index (χ4v) is 1.40. The van der Waals surface area contributed by atoms with E-state index < -0.39 is 0 Å². The highest BCUT2D eigenvalue weighted by molar-refractivity contribution is 5.19. The summed E-state index contributed by atoms with van der Waals surface area (Å²) in [6.45, 7) is 4.50. The molecule has 0 aliphatic rings. The van der Waals surface area contributed by atoms with E-state index in [1.165, 1.54) is 5.56 Å². The maximum absolute atomic E-state index is 9.15. The summed E-state index contributed by atoms with van der Waals surface area (Å²) in [7, 11) is 0. The van der Waals surface area contributed by atoms with Crippen molar-refractivity contribution in [3.05, 3.63) is 35.9 Å². The molecule has 0 saturated heterocycles. The van der Waals surface area contributed by atoms with Crippen LogP contribution < -0.4 is 0 Å². The van der Waals surface area contributed by atoms with Gasteiger partial charge in [0.25, 0.3) is 0 Å². The summed E-state index contributed by atoms with van der Waals surface area (Å²) in [6, 6.07) is 10.2. The first-order valence-corrected chi connectivity index (χ1v) is 4.41. The highest BCUT2D eigenvalue weighted by Crippen LogP contribution is 2.22. The van der Waals surface area contributed by atoms with Crippen molar-refractivity contribution in [2.45, 2.75) is 27.2 Å². The monoisotopic (exact) mass is 180 g/mol. The Hall–Kier alpha value is -0.820. The lowest BCUT2D eigenvalue weighted by Crippen LogP contribution is -2.10. The third-order valence-electron chi connectivity index (χ3n) is 2.23. The Bertz CT molecular complexity index is 216. The molecule has 0 fully saturated rings. The maximum Gasteiger partial charge on any atom is 0.0502 e. The highest BCUT2D eigenvalue weighted by Gasteiger charge is 2.13. The molecular formula is C12H20O. The second-order valence-corrected chi connectivity index (χ2v) is 3.44. The van der Waals surface area contributed by atoms with Crippen LogP contribution in [-0.2, 0) is 0 Å². The molecule has 0 aliphatic carbocycles. The lowest BCUT2D eigenvalue weighted by atomic mass is 9.89. The van der Waals surface area contributed by atoms with E-state index in [4.69, 9.17) is 5.11 Å². The van der Waals surface area contributed by atoms with Crippen molar-refractivity contribution in [3.8, 4) is 0 Å². The highest BCUT2D eigenvalue weighted by atomic mass is 16.3. The zero-order valence-corrected chi connectivity index (χ0v) is 7.70. The van der Waals surface area contributed by atoms with Gasteiger partial charge in [0, 0.05) is 5.92 Å². The summed E-state index contributed by atoms with van der Waals surface area (Å²) in [4.78, 5) is 0. The standard InChI is InChI=1S/C11H16O.CH4/c1-9(2)11(8-12)10-6-4-3-5-7-10;/h3-7,9,11-12H,8H2,1-2H3;1H4/t11-;/m1./s1. The van der Waals surface area contributed by atoms with Crippen molar-refractivity contribution < 1.29 is 5.11 Å². The van der Waals surface area contributed by atoms with E-state index in [2.05, 4.69) is 26.0 Å². The van der Waals surface area contributed by atoms with Crippen LogP contribution in [0.1, 0.15) is 32.8 Å². The number of benzene rings is 1. The van der Waals surface area contributed by atoms with Gasteiger partial charge in [-0.25, -0.2) is 0 Å². The first kappa shape index (κ1) is 12.2. The van der Waals surface area contributed by atoms with Crippen LogP contribution in [0.4, 0.5) is 0 Å². The molecule has 1 heteroatoms. The summed E-state index contributed by atoms with van der Waals surface area (Å²) in [5, 5.41) is 9.15. The van der Waals surface area contributed by atoms with Crippen LogP contribution in [0.3, 0.4) is 0 Å². The number of aliphatic hydroxyl groups excluding tert-OH is 1. The summed E-state index contributed by atoms with van der Waals surface area (Å²) in [5.74, 6) is 0.781. The molecule has 0 saturated carbocycles. The van der Waals surface area contributed by atoms with Gasteiger partial charge in [-0.3, -0.25) is 0 Å². The van der Waals surface area contributed by atoms with Crippen molar-refractivity contribution in [1.29, 1.82) is 0 Å². The van der Waals surface area contributed by atoms with Crippen molar-refractivity contribution >= 4 is 0 Å². The molecule has 1 nitrogen and oxygen atoms in total. The molecule has 1 atom stereocenters. The Morgan fingerprint density at radius 3 is 2.08 bits per heavy atom. The molecule has 0 amide bonds. The van der Waals surface area contributed by atoms with E-state index in [-0.39, 0.29) is 20.0 Å². The minimum Gasteiger partial charge on any atom is -0.396 e. The van der Waals surface area contributed by atoms with Crippen LogP contribution in [0.2, 0.25) is 0 Å². The van der Waals surface area contributed by atoms with E-state index in [9.17, 15) is 0 Å². The van der Waals surface area contributed by atoms with Gasteiger partial charge in [-0.05, 0) is 11.5 Å². The molecule has 0 unspecified atom stereocenters. The van der Waals surface area contributed by atoms with Crippen LogP contribution in [0, 0.1) is 5.92 Å². The Morgan fingerprint density at radius 1 is 1.15 bits per heavy atom. The van der Waals surface area contributed by atoms with Crippen LogP contribution in [0.5, 0.6) is 0 Å². The average molecular weight is 180 g/mol. The van der Waals surface area contributed by atoms with Gasteiger partial charge in [-0.2, -0.15) is 0 Å². The molecule has 0 heterocycles. The fraction of sp³-hybridized carbons (Fsp3) is 0.500. The summed E-state index contributed by atoms with van der Waals surface area (Å²) in [6.07, 6.45) is 0. The van der Waals surface area contributed by atoms with Crippen molar-refractivity contribution in [3.63, 3.8) is 0 Å². The fourth-order valence-electron chi connectivity index (χ4n) is 1.40. The van der Waals surface area contributed by atoms with Gasteiger partial charge >= 0.3 is 0 Å². The average Bonchev–Trinajstić information content (AvgIpc) is 2.07. The van der Waals surface area contributed by atoms with Crippen molar-refractivity contribution in [2.75, 3.05) is 6.61 Å². The molecule has 1 rings (SSSR count). The lowest BCUT2D eigenvalue weighted by molar-refractivity contribution is 0.237. The van der Waals surface area contributed by atoms with Gasteiger partial charge in [0.15, 0.2) is 0 Å². The maximum atomic E-state index is 9.15. The molecule has 0 bridgehead atoms. The Balaban J connectivity index is 0.00000144. The van der Waals surface area contributed by atoms with Crippen molar-refractivity contribution in [2.24, 2.45) is 5.92 Å². The van der Waals surface area contributed by atoms with Gasteiger partial charge in [0.1, 0.15) is 0 Å². The van der Waals surface area contributed by atoms with Gasteiger partial charge in [0.05, 0.1) is 6.61 Å². The quantitative estimate of drug-likeness (QED) is 0.758. The van der Waals surface area contributed by atoms with Crippen molar-refractivity contribution in [1.82, 2.24) is 0 Å². The second-order valence-electron chi connectivity index (χ2n) is 3.44. The minimum absolute atomic E-state index is 0. The van der Waals surface area contributed by atoms with Gasteiger partial charge in [-0.15, -0.1) is 0 Å². The number of aliphatic hydroxyl groups is 1. The largest absolute Gasteiger partial charge is 0.396 e. The molecule has 13 heavy (non-hydrogen) atoms. The van der Waals surface area contributed by atoms with E-state index in [1.54, 1.807) is 0 Å². The van der Waals surface area contributed by atoms with Gasteiger partial charge < -0.3 is 5.11 Å². The molecule has 1 N–H and O–H groups in total. The Labute approximate surface area is 81.4 Å². The van der Waals surface area contributed by atoms with Gasteiger partial charge in [0.2, 0.25) is 0 Å². The lowest BCUT2D eigenvalue weighted by Gasteiger charge is -2.18. The van der Waals surface area contributed by atoms with E-state index in [0.29, 0.717) is 5.92 Å². The molecule has 0 spiro atoms. The zero-order chi connectivity index (χ0) is 8.97. The normalized spacial score (nSPS) is 12.3. The second kappa shape index (κ2) is 5.76. The van der Waals surface area contributed by atoms with Crippen LogP contribution in [0.15, 0.2) is 30.3 Å². The molecule has 0 aromatic heterocycles. The van der Waals surface area contributed by atoms with Crippen LogP contribution in [-0.4, -0.2) is 11.7 Å². The van der Waals surface area contributed by atoms with E-state index in [1.807, 2.05) is 18.2 Å². The summed E-state index contributed by atoms with van der Waals surface area (Å²) < 4.78 is 0. The number of rotatable bonds is 3. The molecule has 74 valence electrons. The number of hydrogen-bond donors (Lipinski definition) is 1. The topological polar surface area (TPSA) is 20.2 Å². The first-order valence-electron chi connectivity index (χ1n) is 4.41. The van der Waals surface area contributed by atoms with Gasteiger partial charge in [-0.1, -0.05) is 51.6 Å². The summed E-state index contributed by atoms with van der Waals surface area (Å²) in [5.41, 5.74) is 1.23. The third-order valence-corrected chi connectivity index (χ3v) is 2.23. The molecule has 1 aromatic rings. The molecule has 1 aromatic carbocycles. The van der Waals surface area contributed by atoms with E-state index >= 15 is 0 Å². The van der Waals surface area contributed by atoms with Crippen LogP contribution >= 0.6 is 0 Å².